The van der Waals surface area contributed by atoms with Gasteiger partial charge in [0.2, 0.25) is 15.9 Å². The molecule has 138 valence electrons. The molecule has 2 rings (SSSR count). The number of rotatable bonds is 7. The van der Waals surface area contributed by atoms with Gasteiger partial charge in [-0.3, -0.25) is 4.79 Å². The molecule has 1 fully saturated rings. The molecule has 1 saturated heterocycles. The van der Waals surface area contributed by atoms with E-state index in [1.807, 2.05) is 0 Å². The summed E-state index contributed by atoms with van der Waals surface area (Å²) in [7, 11) is -3.42. The van der Waals surface area contributed by atoms with Crippen LogP contribution in [-0.2, 0) is 14.8 Å². The lowest BCUT2D eigenvalue weighted by Crippen LogP contribution is -2.31. The Kier molecular flexibility index (Phi) is 7.65. The summed E-state index contributed by atoms with van der Waals surface area (Å²) in [6.45, 7) is 3.94. The van der Waals surface area contributed by atoms with E-state index in [1.165, 1.54) is 6.08 Å². The number of sulfonamides is 1. The van der Waals surface area contributed by atoms with Crippen molar-refractivity contribution in [1.82, 2.24) is 9.62 Å². The Morgan fingerprint density at radius 1 is 1.12 bits per heavy atom. The molecule has 1 aliphatic heterocycles. The normalized spacial score (nSPS) is 16.7. The SMILES string of the molecule is CCCCNC(=O)/C=C/c1ccc(S(=O)(=O)N2CCCCCC2)cc1. The molecule has 5 nitrogen and oxygen atoms in total. The summed E-state index contributed by atoms with van der Waals surface area (Å²) in [5, 5.41) is 2.81. The minimum absolute atomic E-state index is 0.130. The highest BCUT2D eigenvalue weighted by atomic mass is 32.2. The molecular weight excluding hydrogens is 336 g/mol. The highest BCUT2D eigenvalue weighted by Gasteiger charge is 2.24. The fourth-order valence-electron chi connectivity index (χ4n) is 2.80. The first-order valence-electron chi connectivity index (χ1n) is 9.10. The van der Waals surface area contributed by atoms with Crippen LogP contribution < -0.4 is 5.32 Å². The van der Waals surface area contributed by atoms with E-state index in [9.17, 15) is 13.2 Å². The number of hydrogen-bond acceptors (Lipinski definition) is 3. The van der Waals surface area contributed by atoms with Gasteiger partial charge in [-0.25, -0.2) is 8.42 Å². The lowest BCUT2D eigenvalue weighted by Gasteiger charge is -2.19. The lowest BCUT2D eigenvalue weighted by molar-refractivity contribution is -0.116. The van der Waals surface area contributed by atoms with Crippen LogP contribution in [0.4, 0.5) is 0 Å². The van der Waals surface area contributed by atoms with Crippen LogP contribution in [0.1, 0.15) is 51.0 Å². The molecule has 0 aliphatic carbocycles. The van der Waals surface area contributed by atoms with Crippen molar-refractivity contribution in [2.24, 2.45) is 0 Å². The second-order valence-corrected chi connectivity index (χ2v) is 8.30. The van der Waals surface area contributed by atoms with E-state index in [0.29, 0.717) is 24.5 Å². The molecule has 1 heterocycles. The van der Waals surface area contributed by atoms with Gasteiger partial charge >= 0.3 is 0 Å². The zero-order valence-corrected chi connectivity index (χ0v) is 15.7. The first-order valence-corrected chi connectivity index (χ1v) is 10.5. The van der Waals surface area contributed by atoms with Crippen LogP contribution in [0, 0.1) is 0 Å². The average Bonchev–Trinajstić information content (AvgIpc) is 2.90. The topological polar surface area (TPSA) is 66.5 Å². The molecule has 0 unspecified atom stereocenters. The summed E-state index contributed by atoms with van der Waals surface area (Å²) in [6.07, 6.45) is 9.21. The van der Waals surface area contributed by atoms with Gasteiger partial charge in [0.05, 0.1) is 4.90 Å². The average molecular weight is 365 g/mol. The largest absolute Gasteiger partial charge is 0.353 e. The summed E-state index contributed by atoms with van der Waals surface area (Å²) in [6, 6.07) is 6.71. The van der Waals surface area contributed by atoms with Crippen LogP contribution in [0.25, 0.3) is 6.08 Å². The van der Waals surface area contributed by atoms with Gasteiger partial charge in [-0.15, -0.1) is 0 Å². The molecule has 1 aliphatic rings. The zero-order valence-electron chi connectivity index (χ0n) is 14.9. The molecular formula is C19H28N2O3S. The van der Waals surface area contributed by atoms with Crippen LogP contribution >= 0.6 is 0 Å². The van der Waals surface area contributed by atoms with E-state index in [2.05, 4.69) is 12.2 Å². The Morgan fingerprint density at radius 3 is 2.36 bits per heavy atom. The number of amides is 1. The quantitative estimate of drug-likeness (QED) is 0.597. The van der Waals surface area contributed by atoms with Crippen molar-refractivity contribution in [2.75, 3.05) is 19.6 Å². The number of nitrogens with one attached hydrogen (secondary N) is 1. The Morgan fingerprint density at radius 2 is 1.76 bits per heavy atom. The molecule has 1 aromatic rings. The Hall–Kier alpha value is -1.66. The Bertz CT molecular complexity index is 673. The smallest absolute Gasteiger partial charge is 0.243 e. The molecule has 0 bridgehead atoms. The van der Waals surface area contributed by atoms with Gasteiger partial charge in [-0.2, -0.15) is 4.31 Å². The first kappa shape index (κ1) is 19.7. The third kappa shape index (κ3) is 5.97. The third-order valence-corrected chi connectivity index (χ3v) is 6.25. The Labute approximate surface area is 151 Å². The van der Waals surface area contributed by atoms with Gasteiger partial charge in [-0.05, 0) is 43.0 Å². The summed E-state index contributed by atoms with van der Waals surface area (Å²) in [5.74, 6) is -0.130. The maximum atomic E-state index is 12.7. The van der Waals surface area contributed by atoms with E-state index in [-0.39, 0.29) is 5.91 Å². The summed E-state index contributed by atoms with van der Waals surface area (Å²) in [4.78, 5) is 12.0. The highest BCUT2D eigenvalue weighted by Crippen LogP contribution is 2.20. The molecule has 0 aromatic heterocycles. The first-order chi connectivity index (χ1) is 12.0. The number of benzene rings is 1. The minimum atomic E-state index is -3.42. The number of carbonyl (C=O) groups is 1. The molecule has 0 saturated carbocycles. The summed E-state index contributed by atoms with van der Waals surface area (Å²) >= 11 is 0. The van der Waals surface area contributed by atoms with E-state index in [0.717, 1.165) is 44.1 Å². The number of unbranched alkanes of at least 4 members (excludes halogenated alkanes) is 1. The van der Waals surface area contributed by atoms with Gasteiger partial charge in [0, 0.05) is 25.7 Å². The highest BCUT2D eigenvalue weighted by molar-refractivity contribution is 7.89. The van der Waals surface area contributed by atoms with Gasteiger partial charge in [0.1, 0.15) is 0 Å². The van der Waals surface area contributed by atoms with Crippen LogP contribution in [0.15, 0.2) is 35.2 Å². The monoisotopic (exact) mass is 364 g/mol. The second kappa shape index (κ2) is 9.73. The van der Waals surface area contributed by atoms with Crippen LogP contribution in [-0.4, -0.2) is 38.3 Å². The molecule has 0 atom stereocenters. The van der Waals surface area contributed by atoms with E-state index in [4.69, 9.17) is 0 Å². The zero-order chi connectivity index (χ0) is 18.1. The van der Waals surface area contributed by atoms with E-state index in [1.54, 1.807) is 34.6 Å². The second-order valence-electron chi connectivity index (χ2n) is 6.37. The maximum Gasteiger partial charge on any atom is 0.243 e. The molecule has 0 spiro atoms. The van der Waals surface area contributed by atoms with Gasteiger partial charge in [0.15, 0.2) is 0 Å². The Balaban J connectivity index is 2.00. The maximum absolute atomic E-state index is 12.7. The van der Waals surface area contributed by atoms with Crippen molar-refractivity contribution in [3.05, 3.63) is 35.9 Å². The molecule has 1 aromatic carbocycles. The van der Waals surface area contributed by atoms with Gasteiger partial charge in [0.25, 0.3) is 0 Å². The number of hydrogen-bond donors (Lipinski definition) is 1. The van der Waals surface area contributed by atoms with E-state index >= 15 is 0 Å². The van der Waals surface area contributed by atoms with Crippen LogP contribution in [0.5, 0.6) is 0 Å². The fraction of sp³-hybridized carbons (Fsp3) is 0.526. The minimum Gasteiger partial charge on any atom is -0.353 e. The summed E-state index contributed by atoms with van der Waals surface area (Å²) < 4.78 is 27.0. The van der Waals surface area contributed by atoms with Crippen molar-refractivity contribution < 1.29 is 13.2 Å². The van der Waals surface area contributed by atoms with Crippen molar-refractivity contribution in [1.29, 1.82) is 0 Å². The van der Waals surface area contributed by atoms with Gasteiger partial charge in [-0.1, -0.05) is 38.3 Å². The predicted octanol–water partition coefficient (Wildman–Crippen LogP) is 3.18. The molecule has 25 heavy (non-hydrogen) atoms. The van der Waals surface area contributed by atoms with Crippen molar-refractivity contribution >= 4 is 22.0 Å². The summed E-state index contributed by atoms with van der Waals surface area (Å²) in [5.41, 5.74) is 0.806. The molecule has 6 heteroatoms. The van der Waals surface area contributed by atoms with Crippen LogP contribution in [0.3, 0.4) is 0 Å². The van der Waals surface area contributed by atoms with Gasteiger partial charge < -0.3 is 5.32 Å². The molecule has 0 radical (unpaired) electrons. The standard InChI is InChI=1S/C19H28N2O3S/c1-2-3-14-20-19(22)13-10-17-8-11-18(12-9-17)25(23,24)21-15-6-4-5-7-16-21/h8-13H,2-7,14-16H2,1H3,(H,20,22)/b13-10+. The fourth-order valence-corrected chi connectivity index (χ4v) is 4.32. The number of nitrogens with zero attached hydrogens (tertiary/aromatic N) is 1. The third-order valence-electron chi connectivity index (χ3n) is 4.34. The molecule has 1 N–H and O–H groups in total. The van der Waals surface area contributed by atoms with Crippen molar-refractivity contribution in [3.63, 3.8) is 0 Å². The van der Waals surface area contributed by atoms with E-state index < -0.39 is 10.0 Å². The van der Waals surface area contributed by atoms with Crippen LogP contribution in [0.2, 0.25) is 0 Å². The lowest BCUT2D eigenvalue weighted by atomic mass is 10.2. The predicted molar refractivity (Wildman–Crippen MR) is 101 cm³/mol. The number of carbonyl (C=O) groups excluding carboxylic acids is 1. The van der Waals surface area contributed by atoms with Crippen molar-refractivity contribution in [2.45, 2.75) is 50.3 Å². The van der Waals surface area contributed by atoms with Crippen molar-refractivity contribution in [3.8, 4) is 0 Å². The molecule has 1 amide bonds.